The molecule has 2 aliphatic heterocycles. The fourth-order valence-corrected chi connectivity index (χ4v) is 7.54. The number of rotatable bonds is 11. The van der Waals surface area contributed by atoms with E-state index in [4.69, 9.17) is 23.5 Å². The normalized spacial score (nSPS) is 20.7. The molecular formula is C30H36N6O7S. The van der Waals surface area contributed by atoms with Crippen LogP contribution >= 0.6 is 0 Å². The second kappa shape index (κ2) is 11.5. The van der Waals surface area contributed by atoms with Crippen LogP contribution in [0.15, 0.2) is 39.8 Å². The average Bonchev–Trinajstić information content (AvgIpc) is 3.46. The lowest BCUT2D eigenvalue weighted by atomic mass is 9.98. The molecule has 13 nitrogen and oxygen atoms in total. The lowest BCUT2D eigenvalue weighted by Gasteiger charge is -2.23. The Morgan fingerprint density at radius 1 is 0.955 bits per heavy atom. The maximum atomic E-state index is 13.9. The van der Waals surface area contributed by atoms with Crippen molar-refractivity contribution in [3.8, 4) is 17.2 Å². The third-order valence-electron chi connectivity index (χ3n) is 8.75. The van der Waals surface area contributed by atoms with Gasteiger partial charge in [-0.3, -0.25) is 14.7 Å². The predicted octanol–water partition coefficient (Wildman–Crippen LogP) is 4.58. The minimum atomic E-state index is -4.22. The van der Waals surface area contributed by atoms with Gasteiger partial charge >= 0.3 is 0 Å². The zero-order valence-corrected chi connectivity index (χ0v) is 25.7. The van der Waals surface area contributed by atoms with Crippen LogP contribution in [0.25, 0.3) is 11.0 Å². The highest BCUT2D eigenvalue weighted by atomic mass is 32.2. The fourth-order valence-electron chi connectivity index (χ4n) is 6.22. The molecule has 1 saturated carbocycles. The van der Waals surface area contributed by atoms with Crippen LogP contribution in [-0.2, 0) is 14.8 Å². The van der Waals surface area contributed by atoms with Crippen molar-refractivity contribution in [3.63, 3.8) is 0 Å². The van der Waals surface area contributed by atoms with Gasteiger partial charge < -0.3 is 28.8 Å². The Bertz CT molecular complexity index is 1750. The number of aromatic nitrogens is 3. The van der Waals surface area contributed by atoms with Gasteiger partial charge in [0.15, 0.2) is 16.3 Å². The summed E-state index contributed by atoms with van der Waals surface area (Å²) in [6, 6.07) is 9.37. The van der Waals surface area contributed by atoms with Crippen LogP contribution in [0.4, 0.5) is 17.3 Å². The fraction of sp³-hybridized carbons (Fsp3) is 0.467. The van der Waals surface area contributed by atoms with Gasteiger partial charge in [-0.1, -0.05) is 5.16 Å². The van der Waals surface area contributed by atoms with Gasteiger partial charge in [0, 0.05) is 37.2 Å². The van der Waals surface area contributed by atoms with E-state index in [1.807, 2.05) is 6.07 Å². The summed E-state index contributed by atoms with van der Waals surface area (Å²) in [5, 5.41) is 15.1. The van der Waals surface area contributed by atoms with E-state index in [1.165, 1.54) is 21.3 Å². The number of hydrogen-bond acceptors (Lipinski definition) is 11. The van der Waals surface area contributed by atoms with E-state index >= 15 is 0 Å². The molecule has 4 aromatic rings. The smallest absolute Gasteiger partial charge is 0.270 e. The summed E-state index contributed by atoms with van der Waals surface area (Å²) in [6.45, 7) is 3.39. The molecule has 234 valence electrons. The summed E-state index contributed by atoms with van der Waals surface area (Å²) < 4.78 is 58.3. The summed E-state index contributed by atoms with van der Waals surface area (Å²) in [4.78, 5) is 2.34. The van der Waals surface area contributed by atoms with Crippen LogP contribution in [0, 0.1) is 0 Å². The number of likely N-dealkylation sites (tertiary alicyclic amines) is 1. The van der Waals surface area contributed by atoms with Gasteiger partial charge in [0.2, 0.25) is 0 Å². The number of H-pyrrole nitrogens is 1. The first-order valence-electron chi connectivity index (χ1n) is 14.8. The van der Waals surface area contributed by atoms with E-state index in [0.717, 1.165) is 63.2 Å². The SMILES string of the molecule is COc1cc2c(NS(=O)(=O)c3c(OC)cc(C4CCN([C@@H]5CCOC5)C4)cc3OC)noc2cc1Nc1cc(C2CC2)n[nH]1. The highest BCUT2D eigenvalue weighted by Gasteiger charge is 2.34. The maximum absolute atomic E-state index is 13.9. The molecule has 44 heavy (non-hydrogen) atoms. The quantitative estimate of drug-likeness (QED) is 0.215. The van der Waals surface area contributed by atoms with Gasteiger partial charge in [-0.15, -0.1) is 0 Å². The largest absolute Gasteiger partial charge is 0.495 e. The molecule has 0 amide bonds. The van der Waals surface area contributed by atoms with E-state index in [9.17, 15) is 8.42 Å². The number of aromatic amines is 1. The van der Waals surface area contributed by atoms with E-state index in [2.05, 4.69) is 30.3 Å². The van der Waals surface area contributed by atoms with Crippen molar-refractivity contribution in [1.82, 2.24) is 20.3 Å². The molecule has 1 aliphatic carbocycles. The van der Waals surface area contributed by atoms with Gasteiger partial charge in [0.25, 0.3) is 10.0 Å². The minimum absolute atomic E-state index is 0.0146. The number of hydrogen-bond donors (Lipinski definition) is 3. The number of anilines is 3. The van der Waals surface area contributed by atoms with Crippen LogP contribution in [0.2, 0.25) is 0 Å². The molecular weight excluding hydrogens is 588 g/mol. The molecule has 3 aliphatic rings. The lowest BCUT2D eigenvalue weighted by molar-refractivity contribution is 0.158. The number of ether oxygens (including phenoxy) is 4. The van der Waals surface area contributed by atoms with Gasteiger partial charge in [-0.05, 0) is 61.9 Å². The summed E-state index contributed by atoms with van der Waals surface area (Å²) in [5.41, 5.74) is 2.96. The van der Waals surface area contributed by atoms with Crippen molar-refractivity contribution < 1.29 is 31.9 Å². The molecule has 2 atom stereocenters. The second-order valence-corrected chi connectivity index (χ2v) is 13.2. The van der Waals surface area contributed by atoms with Crippen molar-refractivity contribution in [2.75, 3.05) is 57.7 Å². The van der Waals surface area contributed by atoms with Crippen LogP contribution in [0.3, 0.4) is 0 Å². The van der Waals surface area contributed by atoms with Gasteiger partial charge in [0.1, 0.15) is 23.1 Å². The predicted molar refractivity (Wildman–Crippen MR) is 163 cm³/mol. The van der Waals surface area contributed by atoms with Crippen molar-refractivity contribution >= 4 is 38.3 Å². The minimum Gasteiger partial charge on any atom is -0.495 e. The van der Waals surface area contributed by atoms with Gasteiger partial charge in [0.05, 0.1) is 44.7 Å². The molecule has 3 fully saturated rings. The van der Waals surface area contributed by atoms with E-state index < -0.39 is 10.0 Å². The average molecular weight is 625 g/mol. The number of nitrogens with one attached hydrogen (secondary N) is 3. The molecule has 0 radical (unpaired) electrons. The first kappa shape index (κ1) is 28.7. The molecule has 4 heterocycles. The summed E-state index contributed by atoms with van der Waals surface area (Å²) in [7, 11) is 0.217. The van der Waals surface area contributed by atoms with Crippen molar-refractivity contribution in [1.29, 1.82) is 0 Å². The Hall–Kier alpha value is -4.01. The summed E-state index contributed by atoms with van der Waals surface area (Å²) >= 11 is 0. The standard InChI is InChI=1S/C30H36N6O7S/c1-39-25-12-21-24(13-23(25)31-28-14-22(32-33-28)17-4-5-17)43-34-30(21)35-44(37,38)29-26(40-2)10-19(11-27(29)41-3)18-6-8-36(15-18)20-7-9-42-16-20/h10-14,17-18,20H,4-9,15-16H2,1-3H3,(H,34,35)(H2,31,32,33)/t18?,20-/m1/s1. The Morgan fingerprint density at radius 2 is 1.73 bits per heavy atom. The van der Waals surface area contributed by atoms with E-state index in [-0.39, 0.29) is 28.1 Å². The number of nitrogens with zero attached hydrogens (tertiary/aromatic N) is 3. The molecule has 14 heteroatoms. The Labute approximate surface area is 255 Å². The molecule has 3 N–H and O–H groups in total. The molecule has 1 unspecified atom stereocenters. The zero-order chi connectivity index (χ0) is 30.4. The molecule has 2 aromatic carbocycles. The van der Waals surface area contributed by atoms with E-state index in [0.29, 0.717) is 40.2 Å². The second-order valence-electron chi connectivity index (χ2n) is 11.5. The monoisotopic (exact) mass is 624 g/mol. The highest BCUT2D eigenvalue weighted by molar-refractivity contribution is 7.93. The maximum Gasteiger partial charge on any atom is 0.270 e. The number of methoxy groups -OCH3 is 3. The van der Waals surface area contributed by atoms with Gasteiger partial charge in [-0.2, -0.15) is 5.10 Å². The third kappa shape index (κ3) is 5.41. The molecule has 2 aromatic heterocycles. The van der Waals surface area contributed by atoms with Crippen molar-refractivity contribution in [3.05, 3.63) is 41.6 Å². The molecule has 0 spiro atoms. The molecule has 2 saturated heterocycles. The number of benzene rings is 2. The Balaban J connectivity index is 1.15. The summed E-state index contributed by atoms with van der Waals surface area (Å²) in [6.07, 6.45) is 4.29. The summed E-state index contributed by atoms with van der Waals surface area (Å²) in [5.74, 6) is 2.31. The van der Waals surface area contributed by atoms with Crippen LogP contribution in [-0.4, -0.2) is 82.3 Å². The first-order chi connectivity index (χ1) is 21.4. The number of sulfonamides is 1. The van der Waals surface area contributed by atoms with Crippen LogP contribution in [0.1, 0.15) is 48.8 Å². The molecule has 0 bridgehead atoms. The van der Waals surface area contributed by atoms with Gasteiger partial charge in [-0.25, -0.2) is 8.42 Å². The van der Waals surface area contributed by atoms with Crippen LogP contribution in [0.5, 0.6) is 17.2 Å². The third-order valence-corrected chi connectivity index (χ3v) is 10.2. The Morgan fingerprint density at radius 3 is 2.41 bits per heavy atom. The molecule has 7 rings (SSSR count). The van der Waals surface area contributed by atoms with Crippen molar-refractivity contribution in [2.45, 2.75) is 48.5 Å². The Kier molecular flexibility index (Phi) is 7.50. The first-order valence-corrected chi connectivity index (χ1v) is 16.3. The van der Waals surface area contributed by atoms with Crippen LogP contribution < -0.4 is 24.2 Å². The zero-order valence-electron chi connectivity index (χ0n) is 24.9. The number of fused-ring (bicyclic) bond motifs is 1. The topological polar surface area (TPSA) is 153 Å². The van der Waals surface area contributed by atoms with Crippen molar-refractivity contribution in [2.24, 2.45) is 0 Å². The van der Waals surface area contributed by atoms with E-state index in [1.54, 1.807) is 24.3 Å². The highest BCUT2D eigenvalue weighted by Crippen LogP contribution is 2.43. The lowest BCUT2D eigenvalue weighted by Crippen LogP contribution is -2.33.